The molecular weight excluding hydrogens is 256 g/mol. The van der Waals surface area contributed by atoms with Crippen LogP contribution in [0.15, 0.2) is 71.2 Å². The molecule has 1 aliphatic rings. The van der Waals surface area contributed by atoms with E-state index in [0.29, 0.717) is 0 Å². The van der Waals surface area contributed by atoms with Crippen molar-refractivity contribution in [2.75, 3.05) is 0 Å². The molecule has 2 rings (SSSR count). The second-order valence-corrected chi connectivity index (χ2v) is 6.54. The third-order valence-corrected chi connectivity index (χ3v) is 3.46. The SMILES string of the molecule is CC1=C(C(C)(C)C)/C(=C/C(C)=C/c2ccccc2)OC=C1. The molecule has 0 unspecified atom stereocenters. The van der Waals surface area contributed by atoms with Crippen molar-refractivity contribution in [2.45, 2.75) is 34.6 Å². The van der Waals surface area contributed by atoms with Crippen molar-refractivity contribution in [1.82, 2.24) is 0 Å². The number of rotatable bonds is 2. The monoisotopic (exact) mass is 280 g/mol. The quantitative estimate of drug-likeness (QED) is 0.657. The maximum atomic E-state index is 5.78. The van der Waals surface area contributed by atoms with E-state index in [4.69, 9.17) is 4.74 Å². The van der Waals surface area contributed by atoms with E-state index < -0.39 is 0 Å². The average molecular weight is 280 g/mol. The van der Waals surface area contributed by atoms with Crippen LogP contribution in [0.25, 0.3) is 6.08 Å². The lowest BCUT2D eigenvalue weighted by Crippen LogP contribution is -2.16. The topological polar surface area (TPSA) is 9.23 Å². The molecule has 1 aliphatic heterocycles. The predicted molar refractivity (Wildman–Crippen MR) is 90.6 cm³/mol. The van der Waals surface area contributed by atoms with Crippen molar-refractivity contribution in [1.29, 1.82) is 0 Å². The number of benzene rings is 1. The van der Waals surface area contributed by atoms with Gasteiger partial charge in [-0.1, -0.05) is 57.2 Å². The van der Waals surface area contributed by atoms with Crippen LogP contribution >= 0.6 is 0 Å². The lowest BCUT2D eigenvalue weighted by Gasteiger charge is -2.28. The zero-order valence-corrected chi connectivity index (χ0v) is 13.6. The van der Waals surface area contributed by atoms with Crippen LogP contribution in [0.4, 0.5) is 0 Å². The van der Waals surface area contributed by atoms with Gasteiger partial charge in [0.1, 0.15) is 5.76 Å². The molecule has 21 heavy (non-hydrogen) atoms. The van der Waals surface area contributed by atoms with Gasteiger partial charge in [0.2, 0.25) is 0 Å². The lowest BCUT2D eigenvalue weighted by atomic mass is 9.81. The Morgan fingerprint density at radius 1 is 1.10 bits per heavy atom. The van der Waals surface area contributed by atoms with E-state index in [2.05, 4.69) is 71.0 Å². The Kier molecular flexibility index (Phi) is 4.52. The summed E-state index contributed by atoms with van der Waals surface area (Å²) in [4.78, 5) is 0. The maximum absolute atomic E-state index is 5.78. The van der Waals surface area contributed by atoms with Crippen LogP contribution in [0.5, 0.6) is 0 Å². The molecule has 0 spiro atoms. The summed E-state index contributed by atoms with van der Waals surface area (Å²) in [5, 5.41) is 0. The zero-order chi connectivity index (χ0) is 15.5. The molecule has 0 N–H and O–H groups in total. The van der Waals surface area contributed by atoms with Crippen molar-refractivity contribution in [3.63, 3.8) is 0 Å². The fourth-order valence-corrected chi connectivity index (χ4v) is 2.67. The normalized spacial score (nSPS) is 18.1. The first-order valence-corrected chi connectivity index (χ1v) is 7.38. The summed E-state index contributed by atoms with van der Waals surface area (Å²) < 4.78 is 5.78. The van der Waals surface area contributed by atoms with Gasteiger partial charge in [-0.25, -0.2) is 0 Å². The van der Waals surface area contributed by atoms with Gasteiger partial charge < -0.3 is 4.74 Å². The molecule has 0 radical (unpaired) electrons. The molecular formula is C20H24O. The maximum Gasteiger partial charge on any atom is 0.130 e. The molecule has 0 bridgehead atoms. The number of hydrogen-bond acceptors (Lipinski definition) is 1. The molecule has 0 saturated carbocycles. The minimum atomic E-state index is 0.0632. The van der Waals surface area contributed by atoms with Gasteiger partial charge in [0, 0.05) is 5.57 Å². The molecule has 1 aromatic carbocycles. The molecule has 1 aromatic rings. The van der Waals surface area contributed by atoms with E-state index in [9.17, 15) is 0 Å². The van der Waals surface area contributed by atoms with E-state index in [0.717, 1.165) is 5.76 Å². The minimum Gasteiger partial charge on any atom is -0.465 e. The Balaban J connectivity index is 2.36. The van der Waals surface area contributed by atoms with Gasteiger partial charge in [-0.3, -0.25) is 0 Å². The van der Waals surface area contributed by atoms with Gasteiger partial charge in [0.25, 0.3) is 0 Å². The highest BCUT2D eigenvalue weighted by Gasteiger charge is 2.25. The van der Waals surface area contributed by atoms with Crippen molar-refractivity contribution in [2.24, 2.45) is 5.41 Å². The van der Waals surface area contributed by atoms with E-state index in [1.165, 1.54) is 22.3 Å². The molecule has 0 atom stereocenters. The first kappa shape index (κ1) is 15.4. The third kappa shape index (κ3) is 3.98. The average Bonchev–Trinajstić information content (AvgIpc) is 2.38. The molecule has 0 saturated heterocycles. The summed E-state index contributed by atoms with van der Waals surface area (Å²) in [5.74, 6) is 0.951. The summed E-state index contributed by atoms with van der Waals surface area (Å²) in [7, 11) is 0. The summed E-state index contributed by atoms with van der Waals surface area (Å²) in [5.41, 5.74) is 4.99. The fourth-order valence-electron chi connectivity index (χ4n) is 2.67. The molecule has 1 heteroatoms. The van der Waals surface area contributed by atoms with Crippen LogP contribution in [-0.2, 0) is 4.74 Å². The van der Waals surface area contributed by atoms with Crippen LogP contribution in [0.1, 0.15) is 40.2 Å². The molecule has 110 valence electrons. The Labute approximate surface area is 128 Å². The molecule has 0 aliphatic carbocycles. The van der Waals surface area contributed by atoms with Gasteiger partial charge in [-0.05, 0) is 48.1 Å². The standard InChI is InChI=1S/C20H24O/c1-15(13-17-9-7-6-8-10-17)14-18-19(20(3,4)5)16(2)11-12-21-18/h6-14H,1-5H3/b15-13+,18-14-. The molecule has 0 fully saturated rings. The zero-order valence-electron chi connectivity index (χ0n) is 13.6. The Morgan fingerprint density at radius 3 is 2.38 bits per heavy atom. The minimum absolute atomic E-state index is 0.0632. The second kappa shape index (κ2) is 6.17. The third-order valence-electron chi connectivity index (χ3n) is 3.46. The number of hydrogen-bond donors (Lipinski definition) is 0. The van der Waals surface area contributed by atoms with E-state index in [1.807, 2.05) is 12.1 Å². The van der Waals surface area contributed by atoms with Crippen LogP contribution in [0.3, 0.4) is 0 Å². The van der Waals surface area contributed by atoms with E-state index in [-0.39, 0.29) is 5.41 Å². The van der Waals surface area contributed by atoms with E-state index >= 15 is 0 Å². The first-order chi connectivity index (χ1) is 9.88. The molecule has 1 heterocycles. The van der Waals surface area contributed by atoms with Crippen LogP contribution < -0.4 is 0 Å². The Hall–Kier alpha value is -2.02. The lowest BCUT2D eigenvalue weighted by molar-refractivity contribution is 0.325. The smallest absolute Gasteiger partial charge is 0.130 e. The van der Waals surface area contributed by atoms with Crippen LogP contribution in [-0.4, -0.2) is 0 Å². The summed E-state index contributed by atoms with van der Waals surface area (Å²) >= 11 is 0. The van der Waals surface area contributed by atoms with Crippen LogP contribution in [0, 0.1) is 5.41 Å². The van der Waals surface area contributed by atoms with Gasteiger partial charge in [-0.2, -0.15) is 0 Å². The number of allylic oxidation sites excluding steroid dienone is 5. The molecule has 0 amide bonds. The van der Waals surface area contributed by atoms with Crippen molar-refractivity contribution in [3.8, 4) is 0 Å². The first-order valence-electron chi connectivity index (χ1n) is 7.38. The fraction of sp³-hybridized carbons (Fsp3) is 0.300. The highest BCUT2D eigenvalue weighted by atomic mass is 16.5. The molecule has 0 aromatic heterocycles. The largest absolute Gasteiger partial charge is 0.465 e. The van der Waals surface area contributed by atoms with Gasteiger partial charge in [0.05, 0.1) is 6.26 Å². The second-order valence-electron chi connectivity index (χ2n) is 6.54. The predicted octanol–water partition coefficient (Wildman–Crippen LogP) is 5.88. The van der Waals surface area contributed by atoms with Gasteiger partial charge in [-0.15, -0.1) is 0 Å². The number of ether oxygens (including phenoxy) is 1. The van der Waals surface area contributed by atoms with Crippen molar-refractivity contribution >= 4 is 6.08 Å². The van der Waals surface area contributed by atoms with Gasteiger partial charge >= 0.3 is 0 Å². The summed E-state index contributed by atoms with van der Waals surface area (Å²) in [6.45, 7) is 10.9. The van der Waals surface area contributed by atoms with E-state index in [1.54, 1.807) is 6.26 Å². The summed E-state index contributed by atoms with van der Waals surface area (Å²) in [6.07, 6.45) is 8.10. The molecule has 1 nitrogen and oxygen atoms in total. The van der Waals surface area contributed by atoms with Gasteiger partial charge in [0.15, 0.2) is 0 Å². The Bertz CT molecular complexity index is 620. The highest BCUT2D eigenvalue weighted by molar-refractivity contribution is 5.57. The summed E-state index contributed by atoms with van der Waals surface area (Å²) in [6, 6.07) is 10.3. The highest BCUT2D eigenvalue weighted by Crippen LogP contribution is 2.37. The van der Waals surface area contributed by atoms with Crippen molar-refractivity contribution < 1.29 is 4.74 Å². The van der Waals surface area contributed by atoms with Crippen LogP contribution in [0.2, 0.25) is 0 Å². The Morgan fingerprint density at radius 2 is 1.76 bits per heavy atom. The van der Waals surface area contributed by atoms with Crippen molar-refractivity contribution in [3.05, 3.63) is 76.8 Å².